The number of carboxylic acid groups (broad SMARTS) is 1. The molecular formula is C15H24N2O4. The van der Waals surface area contributed by atoms with Gasteiger partial charge in [0.25, 0.3) is 0 Å². The van der Waals surface area contributed by atoms with Crippen LogP contribution in [0.15, 0.2) is 4.79 Å². The van der Waals surface area contributed by atoms with E-state index in [9.17, 15) is 9.59 Å². The van der Waals surface area contributed by atoms with Crippen LogP contribution in [0, 0.1) is 0 Å². The van der Waals surface area contributed by atoms with Crippen LogP contribution in [-0.2, 0) is 35.3 Å². The maximum absolute atomic E-state index is 12.2. The Kier molecular flexibility index (Phi) is 6.55. The molecule has 0 saturated heterocycles. The number of aryl methyl sites for hydroxylation is 1. The molecule has 0 bridgehead atoms. The summed E-state index contributed by atoms with van der Waals surface area (Å²) in [6, 6.07) is 0. The van der Waals surface area contributed by atoms with E-state index >= 15 is 0 Å². The summed E-state index contributed by atoms with van der Waals surface area (Å²) in [5.41, 5.74) is 1.67. The van der Waals surface area contributed by atoms with E-state index in [0.29, 0.717) is 37.3 Å². The molecule has 21 heavy (non-hydrogen) atoms. The highest BCUT2D eigenvalue weighted by Crippen LogP contribution is 2.14. The Morgan fingerprint density at radius 1 is 1.33 bits per heavy atom. The molecule has 0 fully saturated rings. The molecule has 0 amide bonds. The molecule has 0 aliphatic carbocycles. The van der Waals surface area contributed by atoms with Crippen LogP contribution >= 0.6 is 0 Å². The van der Waals surface area contributed by atoms with E-state index in [0.717, 1.165) is 5.69 Å². The lowest BCUT2D eigenvalue weighted by Crippen LogP contribution is -2.34. The summed E-state index contributed by atoms with van der Waals surface area (Å²) in [7, 11) is 0. The number of carboxylic acids is 1. The average Bonchev–Trinajstić information content (AvgIpc) is 2.42. The molecule has 0 spiro atoms. The van der Waals surface area contributed by atoms with E-state index in [-0.39, 0.29) is 18.2 Å². The van der Waals surface area contributed by atoms with Gasteiger partial charge in [-0.05, 0) is 26.7 Å². The first-order valence-electron chi connectivity index (χ1n) is 7.39. The smallest absolute Gasteiger partial charge is 0.348 e. The maximum Gasteiger partial charge on any atom is 0.348 e. The topological polar surface area (TPSA) is 81.4 Å². The van der Waals surface area contributed by atoms with Crippen molar-refractivity contribution in [1.29, 1.82) is 0 Å². The van der Waals surface area contributed by atoms with Crippen molar-refractivity contribution >= 4 is 5.97 Å². The Labute approximate surface area is 124 Å². The lowest BCUT2D eigenvalue weighted by molar-refractivity contribution is -0.136. The average molecular weight is 296 g/mol. The summed E-state index contributed by atoms with van der Waals surface area (Å²) in [5.74, 6) is -0.913. The van der Waals surface area contributed by atoms with Gasteiger partial charge in [-0.3, -0.25) is 9.36 Å². The first kappa shape index (κ1) is 17.4. The van der Waals surface area contributed by atoms with Crippen molar-refractivity contribution in [2.45, 2.75) is 59.6 Å². The molecule has 118 valence electrons. The molecule has 0 saturated carbocycles. The van der Waals surface area contributed by atoms with Gasteiger partial charge >= 0.3 is 11.7 Å². The van der Waals surface area contributed by atoms with Crippen LogP contribution < -0.4 is 5.69 Å². The van der Waals surface area contributed by atoms with Gasteiger partial charge < -0.3 is 9.84 Å². The standard InChI is InChI=1S/C15H24N2O4/c1-5-12-11(8-14(18)19)13(6-2)17(15(20)16-12)9-10(4)21-7-3/h10H,5-9H2,1-4H3,(H,18,19). The number of aliphatic carboxylic acids is 1. The summed E-state index contributed by atoms with van der Waals surface area (Å²) < 4.78 is 7.03. The molecule has 6 nitrogen and oxygen atoms in total. The van der Waals surface area contributed by atoms with Gasteiger partial charge in [0.1, 0.15) is 0 Å². The van der Waals surface area contributed by atoms with Crippen LogP contribution in [-0.4, -0.2) is 33.3 Å². The fraction of sp³-hybridized carbons (Fsp3) is 0.667. The second-order valence-electron chi connectivity index (χ2n) is 4.92. The van der Waals surface area contributed by atoms with Gasteiger partial charge in [-0.15, -0.1) is 0 Å². The quantitative estimate of drug-likeness (QED) is 0.784. The lowest BCUT2D eigenvalue weighted by atomic mass is 10.0. The molecule has 0 radical (unpaired) electrons. The van der Waals surface area contributed by atoms with E-state index in [4.69, 9.17) is 9.84 Å². The van der Waals surface area contributed by atoms with Gasteiger partial charge in [0.05, 0.1) is 24.8 Å². The number of carbonyl (C=O) groups is 1. The van der Waals surface area contributed by atoms with Gasteiger partial charge in [-0.1, -0.05) is 13.8 Å². The Morgan fingerprint density at radius 3 is 2.48 bits per heavy atom. The highest BCUT2D eigenvalue weighted by Gasteiger charge is 2.18. The van der Waals surface area contributed by atoms with Crippen LogP contribution in [0.5, 0.6) is 0 Å². The minimum Gasteiger partial charge on any atom is -0.481 e. The number of nitrogens with zero attached hydrogens (tertiary/aromatic N) is 2. The third-order valence-electron chi connectivity index (χ3n) is 3.37. The van der Waals surface area contributed by atoms with Crippen molar-refractivity contribution in [3.63, 3.8) is 0 Å². The van der Waals surface area contributed by atoms with Crippen LogP contribution in [0.25, 0.3) is 0 Å². The number of aromatic nitrogens is 2. The van der Waals surface area contributed by atoms with E-state index in [1.807, 2.05) is 27.7 Å². The first-order valence-corrected chi connectivity index (χ1v) is 7.39. The van der Waals surface area contributed by atoms with Crippen LogP contribution in [0.4, 0.5) is 0 Å². The fourth-order valence-electron chi connectivity index (χ4n) is 2.52. The number of hydrogen-bond acceptors (Lipinski definition) is 4. The van der Waals surface area contributed by atoms with Crippen molar-refractivity contribution in [2.75, 3.05) is 6.61 Å². The highest BCUT2D eigenvalue weighted by atomic mass is 16.5. The minimum absolute atomic E-state index is 0.108. The fourth-order valence-corrected chi connectivity index (χ4v) is 2.52. The summed E-state index contributed by atoms with van der Waals surface area (Å²) in [4.78, 5) is 27.3. The molecule has 1 aromatic rings. The normalized spacial score (nSPS) is 12.4. The van der Waals surface area contributed by atoms with Gasteiger partial charge in [0, 0.05) is 17.9 Å². The van der Waals surface area contributed by atoms with E-state index < -0.39 is 5.97 Å². The molecule has 0 aromatic carbocycles. The van der Waals surface area contributed by atoms with Crippen molar-refractivity contribution in [3.05, 3.63) is 27.4 Å². The molecule has 0 aliphatic rings. The first-order chi connectivity index (χ1) is 9.94. The predicted octanol–water partition coefficient (Wildman–Crippen LogP) is 1.42. The zero-order valence-corrected chi connectivity index (χ0v) is 13.2. The number of hydrogen-bond donors (Lipinski definition) is 1. The third kappa shape index (κ3) is 4.39. The SMILES string of the molecule is CCOC(C)Cn1c(CC)c(CC(=O)O)c(CC)nc1=O. The molecular weight excluding hydrogens is 272 g/mol. The van der Waals surface area contributed by atoms with Crippen LogP contribution in [0.1, 0.15) is 44.6 Å². The largest absolute Gasteiger partial charge is 0.481 e. The third-order valence-corrected chi connectivity index (χ3v) is 3.37. The van der Waals surface area contributed by atoms with Gasteiger partial charge in [0.2, 0.25) is 0 Å². The maximum atomic E-state index is 12.2. The van der Waals surface area contributed by atoms with E-state index in [1.165, 1.54) is 0 Å². The molecule has 1 unspecified atom stereocenters. The molecule has 0 aliphatic heterocycles. The Hall–Kier alpha value is -1.69. The monoisotopic (exact) mass is 296 g/mol. The minimum atomic E-state index is -0.913. The predicted molar refractivity (Wildman–Crippen MR) is 79.7 cm³/mol. The summed E-state index contributed by atoms with van der Waals surface area (Å²) >= 11 is 0. The van der Waals surface area contributed by atoms with Crippen molar-refractivity contribution < 1.29 is 14.6 Å². The summed E-state index contributed by atoms with van der Waals surface area (Å²) in [6.07, 6.45) is 0.909. The van der Waals surface area contributed by atoms with Gasteiger partial charge in [0.15, 0.2) is 0 Å². The Balaban J connectivity index is 3.35. The van der Waals surface area contributed by atoms with Crippen LogP contribution in [0.2, 0.25) is 0 Å². The van der Waals surface area contributed by atoms with E-state index in [1.54, 1.807) is 4.57 Å². The molecule has 6 heteroatoms. The molecule has 1 heterocycles. The Bertz CT molecular complexity index is 551. The van der Waals surface area contributed by atoms with Crippen molar-refractivity contribution in [2.24, 2.45) is 0 Å². The van der Waals surface area contributed by atoms with Crippen LogP contribution in [0.3, 0.4) is 0 Å². The second-order valence-corrected chi connectivity index (χ2v) is 4.92. The number of ether oxygens (including phenoxy) is 1. The summed E-state index contributed by atoms with van der Waals surface area (Å²) in [5, 5.41) is 9.09. The molecule has 1 aromatic heterocycles. The van der Waals surface area contributed by atoms with Gasteiger partial charge in [-0.25, -0.2) is 4.79 Å². The zero-order chi connectivity index (χ0) is 16.0. The highest BCUT2D eigenvalue weighted by molar-refractivity contribution is 5.71. The lowest BCUT2D eigenvalue weighted by Gasteiger charge is -2.20. The summed E-state index contributed by atoms with van der Waals surface area (Å²) in [6.45, 7) is 8.54. The van der Waals surface area contributed by atoms with Crippen molar-refractivity contribution in [1.82, 2.24) is 9.55 Å². The number of rotatable bonds is 8. The second kappa shape index (κ2) is 7.93. The zero-order valence-electron chi connectivity index (χ0n) is 13.2. The molecule has 1 atom stereocenters. The molecule has 1 rings (SSSR count). The van der Waals surface area contributed by atoms with Gasteiger partial charge in [-0.2, -0.15) is 4.98 Å². The molecule has 1 N–H and O–H groups in total. The Morgan fingerprint density at radius 2 is 2.00 bits per heavy atom. The van der Waals surface area contributed by atoms with Crippen molar-refractivity contribution in [3.8, 4) is 0 Å². The van der Waals surface area contributed by atoms with E-state index in [2.05, 4.69) is 4.98 Å².